The minimum absolute atomic E-state index is 0.0263. The molecule has 1 saturated heterocycles. The maximum Gasteiger partial charge on any atom is 0.410 e. The normalized spacial score (nSPS) is 23.9. The van der Waals surface area contributed by atoms with Crippen LogP contribution in [0.15, 0.2) is 42.5 Å². The number of hydrogen-bond donors (Lipinski definition) is 0. The Bertz CT molecular complexity index is 1090. The molecule has 6 nitrogen and oxygen atoms in total. The molecule has 1 amide bonds. The van der Waals surface area contributed by atoms with Gasteiger partial charge in [-0.1, -0.05) is 30.2 Å². The van der Waals surface area contributed by atoms with Crippen LogP contribution in [0.25, 0.3) is 11.1 Å². The Morgan fingerprint density at radius 3 is 2.48 bits per heavy atom. The zero-order valence-corrected chi connectivity index (χ0v) is 19.2. The van der Waals surface area contributed by atoms with Gasteiger partial charge in [0.15, 0.2) is 0 Å². The number of methoxy groups -OCH3 is 2. The van der Waals surface area contributed by atoms with Gasteiger partial charge in [-0.05, 0) is 67.5 Å². The van der Waals surface area contributed by atoms with Crippen LogP contribution in [0, 0.1) is 25.2 Å². The van der Waals surface area contributed by atoms with Crippen molar-refractivity contribution in [1.82, 2.24) is 4.90 Å². The summed E-state index contributed by atoms with van der Waals surface area (Å²) in [5, 5.41) is 0. The van der Waals surface area contributed by atoms with E-state index >= 15 is 0 Å². The fourth-order valence-electron chi connectivity index (χ4n) is 5.06. The number of likely N-dealkylation sites (tertiary alicyclic amines) is 1. The predicted octanol–water partition coefficient (Wildman–Crippen LogP) is 4.84. The molecule has 4 atom stereocenters. The number of amides is 1. The molecule has 0 bridgehead atoms. The molecule has 0 N–H and O–H groups in total. The summed E-state index contributed by atoms with van der Waals surface area (Å²) >= 11 is 0. The van der Waals surface area contributed by atoms with Crippen LogP contribution in [0.3, 0.4) is 0 Å². The lowest BCUT2D eigenvalue weighted by Crippen LogP contribution is -2.46. The van der Waals surface area contributed by atoms with Crippen LogP contribution in [-0.2, 0) is 9.47 Å². The van der Waals surface area contributed by atoms with Crippen molar-refractivity contribution in [3.63, 3.8) is 0 Å². The van der Waals surface area contributed by atoms with Gasteiger partial charge in [0.2, 0.25) is 0 Å². The second kappa shape index (κ2) is 9.58. The number of terminal acetylenes is 1. The number of ether oxygens (including phenoxy) is 3. The summed E-state index contributed by atoms with van der Waals surface area (Å²) in [4.78, 5) is 26.3. The molecule has 0 spiro atoms. The van der Waals surface area contributed by atoms with Crippen LogP contribution in [-0.4, -0.2) is 49.4 Å². The molecule has 1 aliphatic heterocycles. The first kappa shape index (κ1) is 22.7. The van der Waals surface area contributed by atoms with Gasteiger partial charge in [0.1, 0.15) is 11.9 Å². The van der Waals surface area contributed by atoms with Crippen molar-refractivity contribution >= 4 is 12.1 Å². The zero-order chi connectivity index (χ0) is 23.5. The van der Waals surface area contributed by atoms with Crippen molar-refractivity contribution in [2.45, 2.75) is 50.8 Å². The number of fused-ring (bicyclic) bond motifs is 2. The highest BCUT2D eigenvalue weighted by Crippen LogP contribution is 2.41. The van der Waals surface area contributed by atoms with Crippen LogP contribution in [0.2, 0.25) is 0 Å². The molecule has 1 aromatic carbocycles. The summed E-state index contributed by atoms with van der Waals surface area (Å²) < 4.78 is 15.9. The average Bonchev–Trinajstić information content (AvgIpc) is 3.22. The lowest BCUT2D eigenvalue weighted by Gasteiger charge is -2.36. The van der Waals surface area contributed by atoms with Crippen molar-refractivity contribution in [3.05, 3.63) is 53.6 Å². The number of carbonyl (C=O) groups is 2. The second-order valence-corrected chi connectivity index (χ2v) is 8.66. The third kappa shape index (κ3) is 4.41. The van der Waals surface area contributed by atoms with E-state index in [2.05, 4.69) is 31.0 Å². The molecule has 0 aromatic heterocycles. The Balaban J connectivity index is 0.000000310. The highest BCUT2D eigenvalue weighted by Gasteiger charge is 2.49. The largest absolute Gasteiger partial charge is 0.497 e. The molecule has 1 unspecified atom stereocenters. The van der Waals surface area contributed by atoms with E-state index in [1.807, 2.05) is 0 Å². The summed E-state index contributed by atoms with van der Waals surface area (Å²) in [6, 6.07) is 13.0. The van der Waals surface area contributed by atoms with E-state index in [-0.39, 0.29) is 30.1 Å². The first-order valence-electron chi connectivity index (χ1n) is 11.2. The molecule has 2 fully saturated rings. The van der Waals surface area contributed by atoms with E-state index in [0.717, 1.165) is 19.3 Å². The Hall–Kier alpha value is -3.46. The van der Waals surface area contributed by atoms with Gasteiger partial charge in [0, 0.05) is 12.0 Å². The fraction of sp³-hybridized carbons (Fsp3) is 0.407. The van der Waals surface area contributed by atoms with E-state index < -0.39 is 6.09 Å². The Kier molecular flexibility index (Phi) is 6.60. The molecule has 1 heterocycles. The predicted molar refractivity (Wildman–Crippen MR) is 125 cm³/mol. The first-order chi connectivity index (χ1) is 16.0. The van der Waals surface area contributed by atoms with E-state index in [4.69, 9.17) is 20.6 Å². The molecule has 1 saturated carbocycles. The lowest BCUT2D eigenvalue weighted by molar-refractivity contribution is -0.00731. The summed E-state index contributed by atoms with van der Waals surface area (Å²) in [5.74, 6) is 2.92. The Morgan fingerprint density at radius 2 is 1.94 bits per heavy atom. The third-order valence-electron chi connectivity index (χ3n) is 6.83. The maximum absolute atomic E-state index is 12.6. The van der Waals surface area contributed by atoms with Gasteiger partial charge in [-0.2, -0.15) is 0 Å². The van der Waals surface area contributed by atoms with Gasteiger partial charge < -0.3 is 14.2 Å². The minimum Gasteiger partial charge on any atom is -0.497 e. The molecular formula is C27H29NO5. The number of carbonyl (C=O) groups excluding carboxylic acids is 2. The smallest absolute Gasteiger partial charge is 0.410 e. The van der Waals surface area contributed by atoms with Crippen molar-refractivity contribution < 1.29 is 23.8 Å². The summed E-state index contributed by atoms with van der Waals surface area (Å²) in [7, 11) is 2.91. The fourth-order valence-corrected chi connectivity index (χ4v) is 5.06. The van der Waals surface area contributed by atoms with E-state index in [1.165, 1.54) is 23.8 Å². The monoisotopic (exact) mass is 447 g/mol. The number of esters is 1. The summed E-state index contributed by atoms with van der Waals surface area (Å²) in [6.45, 7) is 2.14. The van der Waals surface area contributed by atoms with Crippen LogP contribution in [0.4, 0.5) is 4.79 Å². The number of rotatable bonds is 3. The molecular weight excluding hydrogens is 418 g/mol. The summed E-state index contributed by atoms with van der Waals surface area (Å²) in [5.41, 5.74) is 4.80. The Morgan fingerprint density at radius 1 is 1.12 bits per heavy atom. The van der Waals surface area contributed by atoms with E-state index in [9.17, 15) is 9.59 Å². The molecule has 0 radical (unpaired) electrons. The van der Waals surface area contributed by atoms with Gasteiger partial charge in [-0.15, -0.1) is 6.42 Å². The Labute approximate surface area is 194 Å². The van der Waals surface area contributed by atoms with Gasteiger partial charge >= 0.3 is 12.1 Å². The highest BCUT2D eigenvalue weighted by atomic mass is 16.5. The van der Waals surface area contributed by atoms with Crippen molar-refractivity contribution in [2.24, 2.45) is 5.92 Å². The quantitative estimate of drug-likeness (QED) is 0.425. The second-order valence-electron chi connectivity index (χ2n) is 8.66. The van der Waals surface area contributed by atoms with E-state index in [0.29, 0.717) is 17.7 Å². The lowest BCUT2D eigenvalue weighted by atomic mass is 9.82. The van der Waals surface area contributed by atoms with Crippen molar-refractivity contribution in [1.29, 1.82) is 0 Å². The van der Waals surface area contributed by atoms with Crippen molar-refractivity contribution in [2.75, 3.05) is 14.2 Å². The van der Waals surface area contributed by atoms with Gasteiger partial charge in [0.05, 0.1) is 25.8 Å². The molecule has 4 aliphatic rings. The van der Waals surface area contributed by atoms with Crippen LogP contribution < -0.4 is 4.74 Å². The van der Waals surface area contributed by atoms with Crippen LogP contribution >= 0.6 is 0 Å². The SMILES string of the molecule is C#CC1C[C@H]2[C@@H](OC(=O)c3cccc(OC)c3)CCC[C@H]2N1C(=O)OC.Cc1cc2ccc1-2. The van der Waals surface area contributed by atoms with Crippen LogP contribution in [0.1, 0.15) is 41.6 Å². The topological polar surface area (TPSA) is 65.1 Å². The standard InChI is InChI=1S/C20H23NO5.C7H6/c1-4-14-12-16-17(21(14)20(23)25-3)9-6-10-18(16)26-19(22)13-7-5-8-15(11-13)24-2;1-5-4-6-2-3-7(5)6/h1,5,7-8,11,14,16-18H,6,9-10,12H2,2-3H3;2-4H,1H3/t14?,16-,17-,18+;/m1./s1. The average molecular weight is 448 g/mol. The number of benzene rings is 2. The van der Waals surface area contributed by atoms with Gasteiger partial charge in [0.25, 0.3) is 0 Å². The first-order valence-corrected chi connectivity index (χ1v) is 11.2. The molecule has 5 rings (SSSR count). The molecule has 3 aliphatic carbocycles. The molecule has 33 heavy (non-hydrogen) atoms. The van der Waals surface area contributed by atoms with Crippen molar-refractivity contribution in [3.8, 4) is 29.2 Å². The summed E-state index contributed by atoms with van der Waals surface area (Å²) in [6.07, 6.45) is 8.02. The highest BCUT2D eigenvalue weighted by molar-refractivity contribution is 5.90. The van der Waals surface area contributed by atoms with Crippen LogP contribution in [0.5, 0.6) is 5.75 Å². The van der Waals surface area contributed by atoms with Gasteiger partial charge in [-0.3, -0.25) is 4.90 Å². The maximum atomic E-state index is 12.6. The zero-order valence-electron chi connectivity index (χ0n) is 19.2. The molecule has 6 heteroatoms. The molecule has 172 valence electrons. The number of aryl methyl sites for hydroxylation is 1. The van der Waals surface area contributed by atoms with Gasteiger partial charge in [-0.25, -0.2) is 9.59 Å². The molecule has 1 aromatic rings. The number of hydrogen-bond acceptors (Lipinski definition) is 5. The minimum atomic E-state index is -0.416. The third-order valence-corrected chi connectivity index (χ3v) is 6.83. The number of nitrogens with zero attached hydrogens (tertiary/aromatic N) is 1. The van der Waals surface area contributed by atoms with E-state index in [1.54, 1.807) is 36.3 Å².